The minimum Gasteiger partial charge on any atom is -0.359 e. The standard InChI is InChI=1S/C16H13BrN4O2/c1-8-14(9(2)23-19-8)21-15-11-6-10(17)4-5-12(11)18-7-13(15)20(3)16(21)22/h4-7H,1-3H3. The first-order chi connectivity index (χ1) is 11.0. The fourth-order valence-electron chi connectivity index (χ4n) is 2.97. The van der Waals surface area contributed by atoms with Gasteiger partial charge in [-0.3, -0.25) is 14.1 Å². The molecule has 4 rings (SSSR count). The van der Waals surface area contributed by atoms with Crippen molar-refractivity contribution in [1.82, 2.24) is 19.3 Å². The number of aryl methyl sites for hydroxylation is 3. The van der Waals surface area contributed by atoms with E-state index in [1.807, 2.05) is 25.1 Å². The molecule has 0 bridgehead atoms. The third-order valence-electron chi connectivity index (χ3n) is 4.06. The molecule has 1 aromatic carbocycles. The number of aromatic nitrogens is 4. The van der Waals surface area contributed by atoms with Gasteiger partial charge in [0.15, 0.2) is 5.76 Å². The Morgan fingerprint density at radius 3 is 2.74 bits per heavy atom. The molecule has 0 aliphatic heterocycles. The van der Waals surface area contributed by atoms with Crippen LogP contribution in [-0.4, -0.2) is 19.3 Å². The zero-order valence-corrected chi connectivity index (χ0v) is 14.4. The van der Waals surface area contributed by atoms with Crippen molar-refractivity contribution in [2.24, 2.45) is 7.05 Å². The number of imidazole rings is 1. The van der Waals surface area contributed by atoms with Crippen LogP contribution in [-0.2, 0) is 7.05 Å². The van der Waals surface area contributed by atoms with Crippen LogP contribution < -0.4 is 5.69 Å². The van der Waals surface area contributed by atoms with E-state index in [-0.39, 0.29) is 5.69 Å². The SMILES string of the molecule is Cc1noc(C)c1-n1c(=O)n(C)c2cnc3ccc(Br)cc3c21. The lowest BCUT2D eigenvalue weighted by Crippen LogP contribution is -2.21. The maximum absolute atomic E-state index is 12.8. The van der Waals surface area contributed by atoms with Crippen molar-refractivity contribution < 1.29 is 4.52 Å². The summed E-state index contributed by atoms with van der Waals surface area (Å²) in [5, 5.41) is 4.88. The molecule has 0 amide bonds. The second kappa shape index (κ2) is 4.79. The normalized spacial score (nSPS) is 11.7. The highest BCUT2D eigenvalue weighted by Crippen LogP contribution is 2.29. The Hall–Kier alpha value is -2.41. The van der Waals surface area contributed by atoms with Crippen molar-refractivity contribution in [3.63, 3.8) is 0 Å². The number of hydrogen-bond donors (Lipinski definition) is 0. The van der Waals surface area contributed by atoms with Gasteiger partial charge in [-0.1, -0.05) is 21.1 Å². The Kier molecular flexibility index (Phi) is 2.96. The summed E-state index contributed by atoms with van der Waals surface area (Å²) in [5.41, 5.74) is 3.61. The van der Waals surface area contributed by atoms with Gasteiger partial charge in [-0.15, -0.1) is 0 Å². The maximum atomic E-state index is 12.8. The van der Waals surface area contributed by atoms with Gasteiger partial charge in [-0.2, -0.15) is 0 Å². The quantitative estimate of drug-likeness (QED) is 0.514. The molecule has 3 heterocycles. The van der Waals surface area contributed by atoms with Crippen molar-refractivity contribution in [3.8, 4) is 5.69 Å². The van der Waals surface area contributed by atoms with Crippen LogP contribution in [0.1, 0.15) is 11.5 Å². The number of halogens is 1. The molecule has 0 aliphatic carbocycles. The Labute approximate surface area is 139 Å². The first-order valence-corrected chi connectivity index (χ1v) is 7.87. The summed E-state index contributed by atoms with van der Waals surface area (Å²) < 4.78 is 9.44. The lowest BCUT2D eigenvalue weighted by Gasteiger charge is -2.05. The van der Waals surface area contributed by atoms with E-state index in [0.29, 0.717) is 17.1 Å². The number of fused-ring (bicyclic) bond motifs is 3. The summed E-state index contributed by atoms with van der Waals surface area (Å²) in [5.74, 6) is 0.608. The molecular weight excluding hydrogens is 360 g/mol. The fraction of sp³-hybridized carbons (Fsp3) is 0.188. The van der Waals surface area contributed by atoms with E-state index < -0.39 is 0 Å². The summed E-state index contributed by atoms with van der Waals surface area (Å²) in [6, 6.07) is 5.83. The van der Waals surface area contributed by atoms with Gasteiger partial charge in [-0.05, 0) is 32.0 Å². The molecule has 0 saturated heterocycles. The second-order valence-electron chi connectivity index (χ2n) is 5.50. The van der Waals surface area contributed by atoms with Gasteiger partial charge in [0.1, 0.15) is 11.4 Å². The smallest absolute Gasteiger partial charge is 0.333 e. The predicted molar refractivity (Wildman–Crippen MR) is 91.1 cm³/mol. The lowest BCUT2D eigenvalue weighted by atomic mass is 10.2. The molecule has 3 aromatic heterocycles. The molecule has 7 heteroatoms. The fourth-order valence-corrected chi connectivity index (χ4v) is 3.34. The minimum atomic E-state index is -0.149. The van der Waals surface area contributed by atoms with Gasteiger partial charge in [0.25, 0.3) is 0 Å². The average molecular weight is 373 g/mol. The summed E-state index contributed by atoms with van der Waals surface area (Å²) in [6.07, 6.45) is 1.72. The zero-order chi connectivity index (χ0) is 16.3. The number of rotatable bonds is 1. The summed E-state index contributed by atoms with van der Waals surface area (Å²) in [7, 11) is 1.74. The molecule has 0 radical (unpaired) electrons. The number of hydrogen-bond acceptors (Lipinski definition) is 4. The lowest BCUT2D eigenvalue weighted by molar-refractivity contribution is 0.393. The highest BCUT2D eigenvalue weighted by Gasteiger charge is 2.21. The third kappa shape index (κ3) is 1.89. The van der Waals surface area contributed by atoms with E-state index >= 15 is 0 Å². The van der Waals surface area contributed by atoms with Crippen molar-refractivity contribution in [1.29, 1.82) is 0 Å². The van der Waals surface area contributed by atoms with Crippen molar-refractivity contribution in [2.75, 3.05) is 0 Å². The first-order valence-electron chi connectivity index (χ1n) is 7.08. The second-order valence-corrected chi connectivity index (χ2v) is 6.42. The van der Waals surface area contributed by atoms with Crippen LogP contribution in [0.25, 0.3) is 27.6 Å². The average Bonchev–Trinajstić information content (AvgIpc) is 2.98. The van der Waals surface area contributed by atoms with Gasteiger partial charge in [0.2, 0.25) is 0 Å². The topological polar surface area (TPSA) is 65.8 Å². The van der Waals surface area contributed by atoms with Gasteiger partial charge >= 0.3 is 5.69 Å². The zero-order valence-electron chi connectivity index (χ0n) is 12.8. The van der Waals surface area contributed by atoms with Gasteiger partial charge in [0, 0.05) is 16.9 Å². The van der Waals surface area contributed by atoms with Gasteiger partial charge in [0.05, 0.1) is 22.7 Å². The summed E-state index contributed by atoms with van der Waals surface area (Å²) in [6.45, 7) is 3.64. The molecule has 6 nitrogen and oxygen atoms in total. The molecule has 4 aromatic rings. The summed E-state index contributed by atoms with van der Waals surface area (Å²) in [4.78, 5) is 17.3. The molecule has 0 atom stereocenters. The Morgan fingerprint density at radius 1 is 1.26 bits per heavy atom. The number of nitrogens with zero attached hydrogens (tertiary/aromatic N) is 4. The predicted octanol–water partition coefficient (Wildman–Crippen LogP) is 3.24. The first kappa shape index (κ1) is 14.2. The summed E-state index contributed by atoms with van der Waals surface area (Å²) >= 11 is 3.49. The van der Waals surface area contributed by atoms with E-state index in [9.17, 15) is 4.79 Å². The van der Waals surface area contributed by atoms with Crippen LogP contribution in [0.3, 0.4) is 0 Å². The number of pyridine rings is 1. The largest absolute Gasteiger partial charge is 0.359 e. The van der Waals surface area contributed by atoms with E-state index in [4.69, 9.17) is 4.52 Å². The molecule has 0 saturated carbocycles. The molecule has 23 heavy (non-hydrogen) atoms. The van der Waals surface area contributed by atoms with Crippen LogP contribution in [0.4, 0.5) is 0 Å². The highest BCUT2D eigenvalue weighted by atomic mass is 79.9. The Bertz CT molecular complexity index is 1120. The van der Waals surface area contributed by atoms with Crippen molar-refractivity contribution in [3.05, 3.63) is 50.8 Å². The number of benzene rings is 1. The van der Waals surface area contributed by atoms with Crippen LogP contribution in [0.5, 0.6) is 0 Å². The molecular formula is C16H13BrN4O2. The van der Waals surface area contributed by atoms with E-state index in [2.05, 4.69) is 26.1 Å². The van der Waals surface area contributed by atoms with Crippen molar-refractivity contribution in [2.45, 2.75) is 13.8 Å². The molecule has 0 N–H and O–H groups in total. The molecule has 0 unspecified atom stereocenters. The van der Waals surface area contributed by atoms with Crippen molar-refractivity contribution >= 4 is 37.9 Å². The van der Waals surface area contributed by atoms with Gasteiger partial charge < -0.3 is 4.52 Å². The molecule has 0 fully saturated rings. The molecule has 0 spiro atoms. The minimum absolute atomic E-state index is 0.149. The monoisotopic (exact) mass is 372 g/mol. The van der Waals surface area contributed by atoms with E-state index in [1.54, 1.807) is 29.3 Å². The highest BCUT2D eigenvalue weighted by molar-refractivity contribution is 9.10. The van der Waals surface area contributed by atoms with Crippen LogP contribution >= 0.6 is 15.9 Å². The van der Waals surface area contributed by atoms with Crippen LogP contribution in [0.2, 0.25) is 0 Å². The van der Waals surface area contributed by atoms with Crippen LogP contribution in [0.15, 0.2) is 38.2 Å². The Morgan fingerprint density at radius 2 is 2.04 bits per heavy atom. The molecule has 0 aliphatic rings. The van der Waals surface area contributed by atoms with Gasteiger partial charge in [-0.25, -0.2) is 4.79 Å². The third-order valence-corrected chi connectivity index (χ3v) is 4.56. The van der Waals surface area contributed by atoms with Crippen LogP contribution in [0, 0.1) is 13.8 Å². The maximum Gasteiger partial charge on any atom is 0.333 e. The van der Waals surface area contributed by atoms with E-state index in [0.717, 1.165) is 26.4 Å². The van der Waals surface area contributed by atoms with E-state index in [1.165, 1.54) is 0 Å². The Balaban J connectivity index is 2.30. The molecule has 116 valence electrons.